The Hall–Kier alpha value is -4.14. The second-order valence-electron chi connectivity index (χ2n) is 9.61. The van der Waals surface area contributed by atoms with Crippen LogP contribution in [0.4, 0.5) is 0 Å². The minimum atomic E-state index is -0.977. The highest BCUT2D eigenvalue weighted by Gasteiger charge is 2.14. The lowest BCUT2D eigenvalue weighted by Gasteiger charge is -2.16. The number of aliphatic hydroxyl groups excluding tert-OH is 2. The Morgan fingerprint density at radius 3 is 1.46 bits per heavy atom. The Balaban J connectivity index is 2.06. The molecule has 2 aromatic rings. The maximum Gasteiger partial charge on any atom is 0.333 e. The molecule has 0 aliphatic carbocycles. The summed E-state index contributed by atoms with van der Waals surface area (Å²) >= 11 is 0. The molecule has 8 heteroatoms. The summed E-state index contributed by atoms with van der Waals surface area (Å²) in [6.07, 6.45) is 6.35. The Kier molecular flexibility index (Phi) is 13.6. The van der Waals surface area contributed by atoms with Crippen LogP contribution in [0.15, 0.2) is 72.9 Å². The summed E-state index contributed by atoms with van der Waals surface area (Å²) in [5.41, 5.74) is 4.34. The van der Waals surface area contributed by atoms with Crippen molar-refractivity contribution in [2.24, 2.45) is 0 Å². The number of rotatable bonds is 16. The normalized spacial score (nSPS) is 12.6. The number of hydrogen-bond donors (Lipinski definition) is 2. The number of carbonyl (C=O) groups is 2. The molecule has 0 fully saturated rings. The van der Waals surface area contributed by atoms with Gasteiger partial charge in [0.05, 0.1) is 0 Å². The highest BCUT2D eigenvalue weighted by molar-refractivity contribution is 5.87. The third-order valence-corrected chi connectivity index (χ3v) is 5.62. The van der Waals surface area contributed by atoms with Gasteiger partial charge < -0.3 is 29.2 Å². The van der Waals surface area contributed by atoms with Crippen LogP contribution in [0.25, 0.3) is 12.2 Å². The molecule has 0 amide bonds. The average molecular weight is 565 g/mol. The van der Waals surface area contributed by atoms with E-state index in [0.29, 0.717) is 17.9 Å². The van der Waals surface area contributed by atoms with Gasteiger partial charge in [-0.25, -0.2) is 9.59 Å². The molecule has 0 spiro atoms. The van der Waals surface area contributed by atoms with Crippen LogP contribution in [0, 0.1) is 0 Å². The van der Waals surface area contributed by atoms with Crippen molar-refractivity contribution in [2.45, 2.75) is 46.3 Å². The molecule has 2 rings (SSSR count). The molecular formula is C33H40O8. The molecule has 0 saturated heterocycles. The molecule has 2 N–H and O–H groups in total. The number of ether oxygens (including phenoxy) is 4. The van der Waals surface area contributed by atoms with Crippen molar-refractivity contribution in [3.05, 3.63) is 95.1 Å². The summed E-state index contributed by atoms with van der Waals surface area (Å²) in [6.45, 7) is 13.5. The number of carbonyl (C=O) groups excluding carboxylic acids is 2. The predicted octanol–water partition coefficient (Wildman–Crippen LogP) is 5.06. The molecule has 2 unspecified atom stereocenters. The van der Waals surface area contributed by atoms with E-state index in [9.17, 15) is 19.8 Å². The standard InChI is InChI=1S/C33H40O8/c1-7-9-26-16-24(11-13-30(26)38-18-28(34)20-40-32(36)22(3)4)15-25-12-14-31(27(17-25)10-8-2)39-19-29(35)21-41-33(37)23(5)6/h7-14,16-17,28-29,34-35H,3,5,15,18-21H2,1-2,4,6H3/b9-7-,10-8-. The van der Waals surface area contributed by atoms with E-state index in [1.54, 1.807) is 13.8 Å². The third-order valence-electron chi connectivity index (χ3n) is 5.62. The molecule has 41 heavy (non-hydrogen) atoms. The molecular weight excluding hydrogens is 524 g/mol. The minimum Gasteiger partial charge on any atom is -0.490 e. The lowest BCUT2D eigenvalue weighted by molar-refractivity contribution is -0.143. The van der Waals surface area contributed by atoms with Gasteiger partial charge in [0.25, 0.3) is 0 Å². The van der Waals surface area contributed by atoms with E-state index < -0.39 is 24.1 Å². The van der Waals surface area contributed by atoms with Crippen LogP contribution < -0.4 is 9.47 Å². The van der Waals surface area contributed by atoms with Crippen molar-refractivity contribution in [1.29, 1.82) is 0 Å². The Bertz CT molecular complexity index is 1180. The van der Waals surface area contributed by atoms with Crippen LogP contribution in [0.3, 0.4) is 0 Å². The van der Waals surface area contributed by atoms with Crippen LogP contribution in [-0.4, -0.2) is 60.8 Å². The summed E-state index contributed by atoms with van der Waals surface area (Å²) in [7, 11) is 0. The van der Waals surface area contributed by atoms with E-state index in [-0.39, 0.29) is 37.6 Å². The quantitative estimate of drug-likeness (QED) is 0.215. The first-order valence-corrected chi connectivity index (χ1v) is 13.3. The maximum absolute atomic E-state index is 11.5. The van der Waals surface area contributed by atoms with E-state index in [0.717, 1.165) is 22.3 Å². The largest absolute Gasteiger partial charge is 0.490 e. The first-order valence-electron chi connectivity index (χ1n) is 13.3. The summed E-state index contributed by atoms with van der Waals surface area (Å²) in [6, 6.07) is 11.7. The van der Waals surface area contributed by atoms with E-state index in [4.69, 9.17) is 18.9 Å². The smallest absolute Gasteiger partial charge is 0.333 e. The zero-order valence-electron chi connectivity index (χ0n) is 24.2. The van der Waals surface area contributed by atoms with E-state index in [1.165, 1.54) is 0 Å². The molecule has 0 aliphatic rings. The zero-order valence-corrected chi connectivity index (χ0v) is 24.2. The van der Waals surface area contributed by atoms with Crippen LogP contribution in [0.5, 0.6) is 11.5 Å². The molecule has 2 aromatic carbocycles. The van der Waals surface area contributed by atoms with Gasteiger partial charge in [0.1, 0.15) is 50.1 Å². The Morgan fingerprint density at radius 2 is 1.12 bits per heavy atom. The fraction of sp³-hybridized carbons (Fsp3) is 0.333. The lowest BCUT2D eigenvalue weighted by atomic mass is 9.99. The van der Waals surface area contributed by atoms with Crippen molar-refractivity contribution in [2.75, 3.05) is 26.4 Å². The molecule has 2 atom stereocenters. The maximum atomic E-state index is 11.5. The van der Waals surface area contributed by atoms with Crippen LogP contribution >= 0.6 is 0 Å². The molecule has 0 heterocycles. The number of aliphatic hydroxyl groups is 2. The molecule has 0 aliphatic heterocycles. The van der Waals surface area contributed by atoms with Gasteiger partial charge in [-0.1, -0.05) is 49.6 Å². The van der Waals surface area contributed by atoms with Crippen molar-refractivity contribution < 1.29 is 38.7 Å². The van der Waals surface area contributed by atoms with E-state index in [2.05, 4.69) is 13.2 Å². The fourth-order valence-corrected chi connectivity index (χ4v) is 3.59. The molecule has 0 saturated carbocycles. The minimum absolute atomic E-state index is 0.0351. The predicted molar refractivity (Wildman–Crippen MR) is 160 cm³/mol. The highest BCUT2D eigenvalue weighted by Crippen LogP contribution is 2.27. The van der Waals surface area contributed by atoms with Gasteiger partial charge in [-0.3, -0.25) is 0 Å². The van der Waals surface area contributed by atoms with Gasteiger partial charge in [0.15, 0.2) is 0 Å². The Labute approximate surface area is 242 Å². The molecule has 8 nitrogen and oxygen atoms in total. The van der Waals surface area contributed by atoms with Crippen LogP contribution in [-0.2, 0) is 25.5 Å². The van der Waals surface area contributed by atoms with Crippen LogP contribution in [0.1, 0.15) is 49.9 Å². The first kappa shape index (κ1) is 33.1. The van der Waals surface area contributed by atoms with Gasteiger partial charge in [-0.15, -0.1) is 0 Å². The van der Waals surface area contributed by atoms with Gasteiger partial charge in [0, 0.05) is 22.3 Å². The third kappa shape index (κ3) is 11.5. The van der Waals surface area contributed by atoms with Gasteiger partial charge in [-0.05, 0) is 69.5 Å². The van der Waals surface area contributed by atoms with Crippen molar-refractivity contribution in [1.82, 2.24) is 0 Å². The Morgan fingerprint density at radius 1 is 0.732 bits per heavy atom. The molecule has 0 bridgehead atoms. The number of benzene rings is 2. The number of hydrogen-bond acceptors (Lipinski definition) is 8. The average Bonchev–Trinajstić information content (AvgIpc) is 2.93. The summed E-state index contributed by atoms with van der Waals surface area (Å²) in [4.78, 5) is 23.1. The van der Waals surface area contributed by atoms with Gasteiger partial charge in [-0.2, -0.15) is 0 Å². The monoisotopic (exact) mass is 564 g/mol. The molecule has 0 radical (unpaired) electrons. The van der Waals surface area contributed by atoms with Crippen molar-refractivity contribution >= 4 is 24.1 Å². The van der Waals surface area contributed by atoms with Crippen molar-refractivity contribution in [3.8, 4) is 11.5 Å². The number of esters is 2. The first-order chi connectivity index (χ1) is 19.5. The number of allylic oxidation sites excluding steroid dienone is 2. The zero-order chi connectivity index (χ0) is 30.4. The summed E-state index contributed by atoms with van der Waals surface area (Å²) < 4.78 is 21.6. The van der Waals surface area contributed by atoms with Gasteiger partial charge in [0.2, 0.25) is 0 Å². The topological polar surface area (TPSA) is 112 Å². The van der Waals surface area contributed by atoms with E-state index in [1.807, 2.05) is 74.5 Å². The molecule has 0 aromatic heterocycles. The fourth-order valence-electron chi connectivity index (χ4n) is 3.59. The summed E-state index contributed by atoms with van der Waals surface area (Å²) in [5, 5.41) is 20.3. The second kappa shape index (κ2) is 16.8. The van der Waals surface area contributed by atoms with Crippen molar-refractivity contribution in [3.63, 3.8) is 0 Å². The lowest BCUT2D eigenvalue weighted by Crippen LogP contribution is -2.25. The van der Waals surface area contributed by atoms with Crippen LogP contribution in [0.2, 0.25) is 0 Å². The van der Waals surface area contributed by atoms with Gasteiger partial charge >= 0.3 is 11.9 Å². The van der Waals surface area contributed by atoms with E-state index >= 15 is 0 Å². The highest BCUT2D eigenvalue weighted by atomic mass is 16.6. The SMILES string of the molecule is C=C(C)C(=O)OCC(O)COc1ccc(Cc2ccc(OCC(O)COC(=O)C(=C)C)c(/C=C\C)c2)cc1/C=C\C. The molecule has 220 valence electrons. The second-order valence-corrected chi connectivity index (χ2v) is 9.61. The summed E-state index contributed by atoms with van der Waals surface area (Å²) in [5.74, 6) is 0.0877.